The van der Waals surface area contributed by atoms with Gasteiger partial charge in [-0.1, -0.05) is 6.92 Å². The highest BCUT2D eigenvalue weighted by Crippen LogP contribution is 2.32. The number of hydrogen-bond acceptors (Lipinski definition) is 5. The van der Waals surface area contributed by atoms with Crippen LogP contribution in [0.5, 0.6) is 0 Å². The second kappa shape index (κ2) is 7.90. The molecule has 23 heavy (non-hydrogen) atoms. The number of nitrogens with zero attached hydrogens (tertiary/aromatic N) is 3. The second-order valence-electron chi connectivity index (χ2n) is 6.25. The molecule has 8 heteroatoms. The Morgan fingerprint density at radius 1 is 1.48 bits per heavy atom. The maximum atomic E-state index is 13.1. The first-order chi connectivity index (χ1) is 10.9. The van der Waals surface area contributed by atoms with E-state index in [0.29, 0.717) is 26.1 Å². The number of morpholine rings is 1. The van der Waals surface area contributed by atoms with Crippen LogP contribution in [0.2, 0.25) is 0 Å². The number of nitriles is 1. The molecular weight excluding hydrogens is 318 g/mol. The second-order valence-corrected chi connectivity index (χ2v) is 8.13. The van der Waals surface area contributed by atoms with Gasteiger partial charge in [-0.2, -0.15) is 22.3 Å². The van der Waals surface area contributed by atoms with Gasteiger partial charge in [0, 0.05) is 26.7 Å². The molecule has 0 aromatic rings. The molecule has 0 radical (unpaired) electrons. The van der Waals surface area contributed by atoms with Crippen molar-refractivity contribution in [3.05, 3.63) is 0 Å². The number of ether oxygens (including phenoxy) is 2. The van der Waals surface area contributed by atoms with E-state index in [4.69, 9.17) is 14.7 Å². The maximum Gasteiger partial charge on any atom is 0.282 e. The lowest BCUT2D eigenvalue weighted by molar-refractivity contribution is -0.0896. The van der Waals surface area contributed by atoms with Crippen LogP contribution in [0, 0.1) is 17.2 Å². The van der Waals surface area contributed by atoms with Gasteiger partial charge in [-0.15, -0.1) is 0 Å². The predicted octanol–water partition coefficient (Wildman–Crippen LogP) is 0.981. The molecule has 0 N–H and O–H groups in total. The molecule has 1 saturated carbocycles. The van der Waals surface area contributed by atoms with Gasteiger partial charge in [-0.3, -0.25) is 0 Å². The third-order valence-corrected chi connectivity index (χ3v) is 6.83. The van der Waals surface area contributed by atoms with Crippen LogP contribution in [0.4, 0.5) is 0 Å². The lowest BCUT2D eigenvalue weighted by Crippen LogP contribution is -2.60. The van der Waals surface area contributed by atoms with Crippen LogP contribution in [0.3, 0.4) is 0 Å². The van der Waals surface area contributed by atoms with Crippen molar-refractivity contribution in [2.24, 2.45) is 5.92 Å². The van der Waals surface area contributed by atoms with E-state index < -0.39 is 10.2 Å². The fraction of sp³-hybridized carbons (Fsp3) is 0.933. The van der Waals surface area contributed by atoms with Gasteiger partial charge < -0.3 is 9.47 Å². The summed E-state index contributed by atoms with van der Waals surface area (Å²) in [5.41, 5.74) is 0. The summed E-state index contributed by atoms with van der Waals surface area (Å²) in [4.78, 5) is 0. The van der Waals surface area contributed by atoms with Crippen LogP contribution in [-0.2, 0) is 19.7 Å². The van der Waals surface area contributed by atoms with Crippen molar-refractivity contribution in [3.63, 3.8) is 0 Å². The molecule has 0 unspecified atom stereocenters. The summed E-state index contributed by atoms with van der Waals surface area (Å²) in [7, 11) is -1.93. The summed E-state index contributed by atoms with van der Waals surface area (Å²) >= 11 is 0. The van der Waals surface area contributed by atoms with Crippen LogP contribution in [0.15, 0.2) is 0 Å². The topological polar surface area (TPSA) is 82.9 Å². The Morgan fingerprint density at radius 3 is 2.83 bits per heavy atom. The molecule has 7 nitrogen and oxygen atoms in total. The Morgan fingerprint density at radius 2 is 2.22 bits per heavy atom. The van der Waals surface area contributed by atoms with E-state index in [1.54, 1.807) is 25.3 Å². The number of methoxy groups -OCH3 is 1. The lowest BCUT2D eigenvalue weighted by atomic mass is 9.89. The van der Waals surface area contributed by atoms with Gasteiger partial charge in [0.15, 0.2) is 0 Å². The first-order valence-corrected chi connectivity index (χ1v) is 9.64. The van der Waals surface area contributed by atoms with Gasteiger partial charge in [-0.05, 0) is 26.2 Å². The summed E-state index contributed by atoms with van der Waals surface area (Å²) in [6.07, 6.45) is 2.39. The molecule has 1 aliphatic carbocycles. The van der Waals surface area contributed by atoms with E-state index in [2.05, 4.69) is 6.07 Å². The van der Waals surface area contributed by atoms with Crippen LogP contribution in [-0.4, -0.2) is 68.6 Å². The number of hydrogen-bond donors (Lipinski definition) is 0. The Hall–Kier alpha value is -0.720. The quantitative estimate of drug-likeness (QED) is 0.717. The van der Waals surface area contributed by atoms with Crippen molar-refractivity contribution < 1.29 is 17.9 Å². The van der Waals surface area contributed by atoms with Crippen molar-refractivity contribution in [2.75, 3.05) is 33.4 Å². The number of fused-ring (bicyclic) bond motifs is 1. The smallest absolute Gasteiger partial charge is 0.282 e. The third kappa shape index (κ3) is 4.03. The van der Waals surface area contributed by atoms with Crippen molar-refractivity contribution in [1.82, 2.24) is 8.61 Å². The Bertz CT molecular complexity index is 533. The highest BCUT2D eigenvalue weighted by molar-refractivity contribution is 7.86. The van der Waals surface area contributed by atoms with Gasteiger partial charge >= 0.3 is 0 Å². The zero-order valence-corrected chi connectivity index (χ0v) is 15.0. The lowest BCUT2D eigenvalue weighted by Gasteiger charge is -2.45. The van der Waals surface area contributed by atoms with E-state index in [0.717, 1.165) is 12.8 Å². The predicted molar refractivity (Wildman–Crippen MR) is 85.8 cm³/mol. The van der Waals surface area contributed by atoms with E-state index in [9.17, 15) is 8.42 Å². The summed E-state index contributed by atoms with van der Waals surface area (Å²) in [5, 5.41) is 8.99. The minimum Gasteiger partial charge on any atom is -0.381 e. The molecular formula is C15H27N3O4S. The molecule has 2 rings (SSSR count). The molecule has 2 fully saturated rings. The standard InChI is InChI=1S/C15H27N3O4S/c1-4-17(11-12(2)10-16)23(19,20)18-7-8-22-15-6-5-13(21-3)9-14(15)18/h12-15H,4-9,11H2,1-3H3/t12-,13-,14+,15-/m1/s1. The summed E-state index contributed by atoms with van der Waals surface area (Å²) in [6, 6.07) is 1.93. The summed E-state index contributed by atoms with van der Waals surface area (Å²) in [5.74, 6) is -0.334. The van der Waals surface area contributed by atoms with Gasteiger partial charge in [-0.25, -0.2) is 0 Å². The fourth-order valence-electron chi connectivity index (χ4n) is 3.42. The molecule has 2 aliphatic rings. The van der Waals surface area contributed by atoms with Gasteiger partial charge in [0.05, 0.1) is 36.8 Å². The molecule has 1 saturated heterocycles. The van der Waals surface area contributed by atoms with E-state index in [1.165, 1.54) is 4.31 Å². The van der Waals surface area contributed by atoms with Crippen molar-refractivity contribution >= 4 is 10.2 Å². The fourth-order valence-corrected chi connectivity index (χ4v) is 5.32. The SMILES string of the molecule is CCN(C[C@H](C)C#N)S(=O)(=O)N1CCO[C@@H]2CC[C@@H](OC)C[C@@H]21. The average Bonchev–Trinajstić information content (AvgIpc) is 2.57. The average molecular weight is 345 g/mol. The monoisotopic (exact) mass is 345 g/mol. The van der Waals surface area contributed by atoms with Crippen LogP contribution in [0.1, 0.15) is 33.1 Å². The third-order valence-electron chi connectivity index (χ3n) is 4.73. The molecule has 4 atom stereocenters. The van der Waals surface area contributed by atoms with Gasteiger partial charge in [0.1, 0.15) is 0 Å². The summed E-state index contributed by atoms with van der Waals surface area (Å²) < 4.78 is 40.3. The summed E-state index contributed by atoms with van der Waals surface area (Å²) in [6.45, 7) is 4.90. The molecule has 0 bridgehead atoms. The molecule has 0 spiro atoms. The van der Waals surface area contributed by atoms with E-state index >= 15 is 0 Å². The van der Waals surface area contributed by atoms with Crippen molar-refractivity contribution in [1.29, 1.82) is 5.26 Å². The normalized spacial score (nSPS) is 30.7. The first-order valence-electron chi connectivity index (χ1n) is 8.25. The van der Waals surface area contributed by atoms with Crippen LogP contribution >= 0.6 is 0 Å². The Balaban J connectivity index is 2.20. The Kier molecular flexibility index (Phi) is 6.40. The van der Waals surface area contributed by atoms with E-state index in [-0.39, 0.29) is 30.7 Å². The first kappa shape index (κ1) is 18.6. The van der Waals surface area contributed by atoms with Crippen molar-refractivity contribution in [3.8, 4) is 6.07 Å². The molecule has 132 valence electrons. The van der Waals surface area contributed by atoms with Crippen LogP contribution in [0.25, 0.3) is 0 Å². The minimum atomic E-state index is -3.60. The minimum absolute atomic E-state index is 0.0583. The van der Waals surface area contributed by atoms with Crippen LogP contribution < -0.4 is 0 Å². The van der Waals surface area contributed by atoms with E-state index in [1.807, 2.05) is 0 Å². The molecule has 0 aromatic heterocycles. The number of rotatable bonds is 6. The maximum absolute atomic E-state index is 13.1. The molecule has 1 aliphatic heterocycles. The van der Waals surface area contributed by atoms with Crippen molar-refractivity contribution in [2.45, 2.75) is 51.4 Å². The van der Waals surface area contributed by atoms with Gasteiger partial charge in [0.2, 0.25) is 0 Å². The highest BCUT2D eigenvalue weighted by atomic mass is 32.2. The largest absolute Gasteiger partial charge is 0.381 e. The molecule has 0 aromatic carbocycles. The Labute approximate surface area is 139 Å². The zero-order chi connectivity index (χ0) is 17.0. The zero-order valence-electron chi connectivity index (χ0n) is 14.1. The highest BCUT2D eigenvalue weighted by Gasteiger charge is 2.44. The van der Waals surface area contributed by atoms with Gasteiger partial charge in [0.25, 0.3) is 10.2 Å². The molecule has 0 amide bonds. The molecule has 1 heterocycles.